The first-order valence-electron chi connectivity index (χ1n) is 6.42. The third kappa shape index (κ3) is 1.97. The molecule has 0 aliphatic heterocycles. The first-order chi connectivity index (χ1) is 9.56. The van der Waals surface area contributed by atoms with E-state index in [2.05, 4.69) is 10.4 Å². The quantitative estimate of drug-likeness (QED) is 0.776. The Morgan fingerprint density at radius 3 is 2.70 bits per heavy atom. The van der Waals surface area contributed by atoms with Crippen molar-refractivity contribution in [1.82, 2.24) is 14.3 Å². The highest BCUT2D eigenvalue weighted by molar-refractivity contribution is 6.12. The van der Waals surface area contributed by atoms with Crippen LogP contribution in [0.5, 0.6) is 0 Å². The van der Waals surface area contributed by atoms with Crippen LogP contribution in [-0.4, -0.2) is 20.3 Å². The molecule has 0 unspecified atom stereocenters. The van der Waals surface area contributed by atoms with E-state index in [4.69, 9.17) is 0 Å². The Labute approximate surface area is 116 Å². The monoisotopic (exact) mass is 268 g/mol. The van der Waals surface area contributed by atoms with Gasteiger partial charge < -0.3 is 9.88 Å². The summed E-state index contributed by atoms with van der Waals surface area (Å²) in [6, 6.07) is 9.70. The van der Waals surface area contributed by atoms with Gasteiger partial charge in [-0.1, -0.05) is 18.2 Å². The predicted molar refractivity (Wildman–Crippen MR) is 78.8 cm³/mol. The van der Waals surface area contributed by atoms with Gasteiger partial charge in [-0.3, -0.25) is 9.48 Å². The Balaban J connectivity index is 1.97. The van der Waals surface area contributed by atoms with Crippen LogP contribution >= 0.6 is 0 Å². The standard InChI is InChI=1S/C15H16N4O/c1-10-8-14(17-19(10)3)16-15(20)12-9-18(2)13-7-5-4-6-11(12)13/h4-9H,1-3H3,(H,16,17,20). The van der Waals surface area contributed by atoms with Crippen LogP contribution in [-0.2, 0) is 14.1 Å². The number of amides is 1. The summed E-state index contributed by atoms with van der Waals surface area (Å²) in [5, 5.41) is 8.03. The number of benzene rings is 1. The van der Waals surface area contributed by atoms with Crippen LogP contribution < -0.4 is 5.32 Å². The molecule has 1 amide bonds. The van der Waals surface area contributed by atoms with Crippen molar-refractivity contribution in [1.29, 1.82) is 0 Å². The number of fused-ring (bicyclic) bond motifs is 1. The molecule has 0 fully saturated rings. The van der Waals surface area contributed by atoms with E-state index < -0.39 is 0 Å². The lowest BCUT2D eigenvalue weighted by Crippen LogP contribution is -2.12. The van der Waals surface area contributed by atoms with Crippen molar-refractivity contribution >= 4 is 22.6 Å². The Morgan fingerprint density at radius 1 is 1.25 bits per heavy atom. The van der Waals surface area contributed by atoms with Crippen molar-refractivity contribution in [3.8, 4) is 0 Å². The zero-order valence-electron chi connectivity index (χ0n) is 11.7. The lowest BCUT2D eigenvalue weighted by molar-refractivity contribution is 0.102. The summed E-state index contributed by atoms with van der Waals surface area (Å²) in [7, 11) is 3.78. The van der Waals surface area contributed by atoms with E-state index in [1.807, 2.05) is 62.1 Å². The number of para-hydroxylation sites is 1. The van der Waals surface area contributed by atoms with Gasteiger partial charge in [-0.25, -0.2) is 0 Å². The van der Waals surface area contributed by atoms with Gasteiger partial charge in [0.15, 0.2) is 5.82 Å². The number of rotatable bonds is 2. The zero-order valence-corrected chi connectivity index (χ0v) is 11.7. The fraction of sp³-hybridized carbons (Fsp3) is 0.200. The van der Waals surface area contributed by atoms with E-state index in [1.54, 1.807) is 4.68 Å². The fourth-order valence-corrected chi connectivity index (χ4v) is 2.33. The maximum atomic E-state index is 12.4. The molecule has 0 spiro atoms. The van der Waals surface area contributed by atoms with Crippen LogP contribution in [0, 0.1) is 6.92 Å². The lowest BCUT2D eigenvalue weighted by Gasteiger charge is -2.00. The average Bonchev–Trinajstić information content (AvgIpc) is 2.91. The second-order valence-corrected chi connectivity index (χ2v) is 4.92. The van der Waals surface area contributed by atoms with Gasteiger partial charge in [0, 0.05) is 43.0 Å². The number of carbonyl (C=O) groups excluding carboxylic acids is 1. The zero-order chi connectivity index (χ0) is 14.3. The number of carbonyl (C=O) groups is 1. The maximum absolute atomic E-state index is 12.4. The molecule has 102 valence electrons. The molecule has 0 saturated heterocycles. The van der Waals surface area contributed by atoms with Crippen molar-refractivity contribution in [2.45, 2.75) is 6.92 Å². The summed E-state index contributed by atoms with van der Waals surface area (Å²) < 4.78 is 3.69. The number of aromatic nitrogens is 3. The van der Waals surface area contributed by atoms with Gasteiger partial charge in [0.25, 0.3) is 5.91 Å². The Morgan fingerprint density at radius 2 is 2.00 bits per heavy atom. The van der Waals surface area contributed by atoms with E-state index in [0.29, 0.717) is 11.4 Å². The van der Waals surface area contributed by atoms with Gasteiger partial charge in [0.1, 0.15) is 0 Å². The molecule has 0 bridgehead atoms. The minimum Gasteiger partial charge on any atom is -0.350 e. The summed E-state index contributed by atoms with van der Waals surface area (Å²) in [6.07, 6.45) is 1.84. The van der Waals surface area contributed by atoms with Crippen LogP contribution in [0.2, 0.25) is 0 Å². The number of hydrogen-bond acceptors (Lipinski definition) is 2. The molecule has 0 radical (unpaired) electrons. The van der Waals surface area contributed by atoms with Gasteiger partial charge in [-0.2, -0.15) is 5.10 Å². The summed E-state index contributed by atoms with van der Waals surface area (Å²) in [5.41, 5.74) is 2.69. The summed E-state index contributed by atoms with van der Waals surface area (Å²) in [5.74, 6) is 0.433. The number of anilines is 1. The van der Waals surface area contributed by atoms with Crippen LogP contribution in [0.15, 0.2) is 36.5 Å². The molecule has 2 heterocycles. The third-order valence-corrected chi connectivity index (χ3v) is 3.50. The lowest BCUT2D eigenvalue weighted by atomic mass is 10.1. The normalized spacial score (nSPS) is 10.9. The molecule has 1 N–H and O–H groups in total. The van der Waals surface area contributed by atoms with Crippen molar-refractivity contribution in [2.24, 2.45) is 14.1 Å². The highest BCUT2D eigenvalue weighted by atomic mass is 16.1. The molecule has 3 rings (SSSR count). The smallest absolute Gasteiger partial charge is 0.259 e. The minimum atomic E-state index is -0.139. The van der Waals surface area contributed by atoms with Crippen LogP contribution in [0.4, 0.5) is 5.82 Å². The van der Waals surface area contributed by atoms with Gasteiger partial charge >= 0.3 is 0 Å². The minimum absolute atomic E-state index is 0.139. The number of nitrogens with zero attached hydrogens (tertiary/aromatic N) is 3. The van der Waals surface area contributed by atoms with Crippen LogP contribution in [0.25, 0.3) is 10.9 Å². The molecule has 20 heavy (non-hydrogen) atoms. The predicted octanol–water partition coefficient (Wildman–Crippen LogP) is 2.47. The van der Waals surface area contributed by atoms with Crippen molar-refractivity contribution in [2.75, 3.05) is 5.32 Å². The third-order valence-electron chi connectivity index (χ3n) is 3.50. The van der Waals surface area contributed by atoms with Gasteiger partial charge in [0.2, 0.25) is 0 Å². The summed E-state index contributed by atoms with van der Waals surface area (Å²) >= 11 is 0. The highest BCUT2D eigenvalue weighted by Gasteiger charge is 2.14. The number of nitrogens with one attached hydrogen (secondary N) is 1. The highest BCUT2D eigenvalue weighted by Crippen LogP contribution is 2.21. The first kappa shape index (κ1) is 12.5. The van der Waals surface area contributed by atoms with Crippen molar-refractivity contribution in [3.05, 3.63) is 47.8 Å². The van der Waals surface area contributed by atoms with Crippen LogP contribution in [0.1, 0.15) is 16.1 Å². The molecular weight excluding hydrogens is 252 g/mol. The SMILES string of the molecule is Cc1cc(NC(=O)c2cn(C)c3ccccc23)nn1C. The molecule has 0 aliphatic rings. The Bertz CT molecular complexity index is 778. The number of hydrogen-bond donors (Lipinski definition) is 1. The molecular formula is C15H16N4O. The van der Waals surface area contributed by atoms with Gasteiger partial charge in [0.05, 0.1) is 5.56 Å². The van der Waals surface area contributed by atoms with E-state index in [1.165, 1.54) is 0 Å². The number of aryl methyl sites for hydroxylation is 3. The maximum Gasteiger partial charge on any atom is 0.259 e. The molecule has 5 nitrogen and oxygen atoms in total. The Kier molecular flexibility index (Phi) is 2.82. The van der Waals surface area contributed by atoms with Gasteiger partial charge in [-0.15, -0.1) is 0 Å². The van der Waals surface area contributed by atoms with Crippen molar-refractivity contribution < 1.29 is 4.79 Å². The van der Waals surface area contributed by atoms with E-state index >= 15 is 0 Å². The topological polar surface area (TPSA) is 51.9 Å². The van der Waals surface area contributed by atoms with Crippen LogP contribution in [0.3, 0.4) is 0 Å². The summed E-state index contributed by atoms with van der Waals surface area (Å²) in [6.45, 7) is 1.95. The van der Waals surface area contributed by atoms with Gasteiger partial charge in [-0.05, 0) is 13.0 Å². The average molecular weight is 268 g/mol. The Hall–Kier alpha value is -2.56. The molecule has 0 atom stereocenters. The fourth-order valence-electron chi connectivity index (χ4n) is 2.33. The molecule has 0 saturated carbocycles. The second kappa shape index (κ2) is 4.52. The molecule has 1 aromatic carbocycles. The van der Waals surface area contributed by atoms with E-state index in [0.717, 1.165) is 16.6 Å². The van der Waals surface area contributed by atoms with E-state index in [9.17, 15) is 4.79 Å². The molecule has 0 aliphatic carbocycles. The van der Waals surface area contributed by atoms with E-state index in [-0.39, 0.29) is 5.91 Å². The molecule has 3 aromatic rings. The second-order valence-electron chi connectivity index (χ2n) is 4.92. The first-order valence-corrected chi connectivity index (χ1v) is 6.42. The largest absolute Gasteiger partial charge is 0.350 e. The summed E-state index contributed by atoms with van der Waals surface area (Å²) in [4.78, 5) is 12.4. The molecule has 2 aromatic heterocycles. The van der Waals surface area contributed by atoms with Crippen molar-refractivity contribution in [3.63, 3.8) is 0 Å². The molecule has 5 heteroatoms.